The smallest absolute Gasteiger partial charge is 0.189 e. The average Bonchev–Trinajstić information content (AvgIpc) is 2.82. The molecule has 0 N–H and O–H groups in total. The van der Waals surface area contributed by atoms with E-state index in [1.54, 1.807) is 10.6 Å². The summed E-state index contributed by atoms with van der Waals surface area (Å²) < 4.78 is 7.31. The lowest BCUT2D eigenvalue weighted by molar-refractivity contribution is 0.294. The van der Waals surface area contributed by atoms with Gasteiger partial charge >= 0.3 is 0 Å². The molecular weight excluding hydrogens is 262 g/mol. The molecule has 0 aliphatic heterocycles. The van der Waals surface area contributed by atoms with E-state index in [2.05, 4.69) is 10.1 Å². The largest absolute Gasteiger partial charge is 0.485 e. The Morgan fingerprint density at radius 2 is 2.00 bits per heavy atom. The van der Waals surface area contributed by atoms with Crippen LogP contribution in [0.15, 0.2) is 42.5 Å². The van der Waals surface area contributed by atoms with Crippen LogP contribution in [0.5, 0.6) is 5.75 Å². The summed E-state index contributed by atoms with van der Waals surface area (Å²) in [7, 11) is 0. The minimum absolute atomic E-state index is 0.322. The van der Waals surface area contributed by atoms with Crippen molar-refractivity contribution < 1.29 is 4.74 Å². The molecule has 4 nitrogen and oxygen atoms in total. The van der Waals surface area contributed by atoms with Crippen LogP contribution in [-0.2, 0) is 6.61 Å². The van der Waals surface area contributed by atoms with E-state index in [9.17, 15) is 0 Å². The number of benzene rings is 1. The molecule has 0 saturated heterocycles. The number of nitrogens with zero attached hydrogens (tertiary/aromatic N) is 3. The van der Waals surface area contributed by atoms with Gasteiger partial charge < -0.3 is 4.74 Å². The van der Waals surface area contributed by atoms with Crippen LogP contribution in [0.25, 0.3) is 5.65 Å². The van der Waals surface area contributed by atoms with Gasteiger partial charge in [0, 0.05) is 0 Å². The predicted molar refractivity (Wildman–Crippen MR) is 73.5 cm³/mol. The number of aromatic nitrogens is 3. The van der Waals surface area contributed by atoms with Crippen molar-refractivity contribution in [3.8, 4) is 5.75 Å². The number of halogens is 1. The summed E-state index contributed by atoms with van der Waals surface area (Å²) in [6.45, 7) is 2.33. The molecule has 0 aliphatic rings. The lowest BCUT2D eigenvalue weighted by atomic mass is 10.2. The fraction of sp³-hybridized carbons (Fsp3) is 0.143. The minimum atomic E-state index is 0.322. The van der Waals surface area contributed by atoms with Crippen molar-refractivity contribution in [3.63, 3.8) is 0 Å². The van der Waals surface area contributed by atoms with Gasteiger partial charge in [-0.05, 0) is 30.7 Å². The summed E-state index contributed by atoms with van der Waals surface area (Å²) in [6, 6.07) is 13.3. The van der Waals surface area contributed by atoms with E-state index in [1.165, 1.54) is 0 Å². The van der Waals surface area contributed by atoms with Crippen LogP contribution >= 0.6 is 11.6 Å². The van der Waals surface area contributed by atoms with Crippen LogP contribution in [0.3, 0.4) is 0 Å². The topological polar surface area (TPSA) is 39.4 Å². The van der Waals surface area contributed by atoms with Crippen molar-refractivity contribution in [2.45, 2.75) is 13.5 Å². The SMILES string of the molecule is Cc1ccccc1OCc1nc2cccc(Cl)n2n1. The Kier molecular flexibility index (Phi) is 3.09. The van der Waals surface area contributed by atoms with Crippen LogP contribution in [0.1, 0.15) is 11.4 Å². The van der Waals surface area contributed by atoms with Gasteiger partial charge in [0.1, 0.15) is 17.5 Å². The quantitative estimate of drug-likeness (QED) is 0.688. The van der Waals surface area contributed by atoms with Gasteiger partial charge in [-0.2, -0.15) is 0 Å². The van der Waals surface area contributed by atoms with Crippen molar-refractivity contribution in [1.29, 1.82) is 0 Å². The Labute approximate surface area is 115 Å². The summed E-state index contributed by atoms with van der Waals surface area (Å²) in [5.74, 6) is 1.45. The van der Waals surface area contributed by atoms with Gasteiger partial charge in [-0.15, -0.1) is 5.10 Å². The normalized spacial score (nSPS) is 10.8. The molecule has 2 heterocycles. The van der Waals surface area contributed by atoms with Gasteiger partial charge in [0.05, 0.1) is 0 Å². The molecule has 0 bridgehead atoms. The highest BCUT2D eigenvalue weighted by molar-refractivity contribution is 6.29. The first kappa shape index (κ1) is 12.0. The molecule has 0 atom stereocenters. The maximum absolute atomic E-state index is 6.03. The van der Waals surface area contributed by atoms with Crippen molar-refractivity contribution >= 4 is 17.2 Å². The highest BCUT2D eigenvalue weighted by Crippen LogP contribution is 2.17. The summed E-state index contributed by atoms with van der Waals surface area (Å²) >= 11 is 6.03. The van der Waals surface area contributed by atoms with Crippen LogP contribution < -0.4 is 4.74 Å². The monoisotopic (exact) mass is 273 g/mol. The molecule has 2 aromatic heterocycles. The van der Waals surface area contributed by atoms with Crippen molar-refractivity contribution in [3.05, 3.63) is 59.0 Å². The second-order valence-electron chi connectivity index (χ2n) is 4.20. The van der Waals surface area contributed by atoms with Gasteiger partial charge in [-0.1, -0.05) is 35.9 Å². The fourth-order valence-electron chi connectivity index (χ4n) is 1.84. The van der Waals surface area contributed by atoms with E-state index in [0.29, 0.717) is 17.6 Å². The van der Waals surface area contributed by atoms with Crippen LogP contribution in [0, 0.1) is 6.92 Å². The maximum Gasteiger partial charge on any atom is 0.189 e. The predicted octanol–water partition coefficient (Wildman–Crippen LogP) is 3.27. The molecule has 0 spiro atoms. The van der Waals surface area contributed by atoms with Crippen LogP contribution in [-0.4, -0.2) is 14.6 Å². The highest BCUT2D eigenvalue weighted by atomic mass is 35.5. The highest BCUT2D eigenvalue weighted by Gasteiger charge is 2.07. The number of aryl methyl sites for hydroxylation is 1. The first-order chi connectivity index (χ1) is 9.24. The number of ether oxygens (including phenoxy) is 1. The minimum Gasteiger partial charge on any atom is -0.485 e. The standard InChI is InChI=1S/C14H12ClN3O/c1-10-5-2-3-6-11(10)19-9-13-16-14-8-4-7-12(15)18(14)17-13/h2-8H,9H2,1H3. The molecule has 0 aliphatic carbocycles. The Morgan fingerprint density at radius 1 is 1.16 bits per heavy atom. The Balaban J connectivity index is 1.83. The first-order valence-electron chi connectivity index (χ1n) is 5.92. The Hall–Kier alpha value is -2.07. The number of hydrogen-bond donors (Lipinski definition) is 0. The van der Waals surface area contributed by atoms with E-state index >= 15 is 0 Å². The number of rotatable bonds is 3. The van der Waals surface area contributed by atoms with Gasteiger partial charge in [0.2, 0.25) is 0 Å². The zero-order valence-electron chi connectivity index (χ0n) is 10.4. The summed E-state index contributed by atoms with van der Waals surface area (Å²) in [4.78, 5) is 4.36. The number of hydrogen-bond acceptors (Lipinski definition) is 3. The molecule has 3 rings (SSSR count). The molecular formula is C14H12ClN3O. The van der Waals surface area contributed by atoms with Crippen molar-refractivity contribution in [2.24, 2.45) is 0 Å². The van der Waals surface area contributed by atoms with E-state index in [0.717, 1.165) is 17.0 Å². The summed E-state index contributed by atoms with van der Waals surface area (Å²) in [6.07, 6.45) is 0. The lowest BCUT2D eigenvalue weighted by Gasteiger charge is -2.05. The maximum atomic E-state index is 6.03. The van der Waals surface area contributed by atoms with E-state index < -0.39 is 0 Å². The second kappa shape index (κ2) is 4.90. The van der Waals surface area contributed by atoms with Gasteiger partial charge in [0.15, 0.2) is 11.5 Å². The van der Waals surface area contributed by atoms with Crippen LogP contribution in [0.4, 0.5) is 0 Å². The molecule has 0 saturated carbocycles. The molecule has 0 radical (unpaired) electrons. The zero-order valence-corrected chi connectivity index (χ0v) is 11.1. The Bertz CT molecular complexity index is 724. The third kappa shape index (κ3) is 2.39. The molecule has 0 amide bonds. The van der Waals surface area contributed by atoms with Gasteiger partial charge in [-0.25, -0.2) is 9.50 Å². The molecule has 96 valence electrons. The van der Waals surface area contributed by atoms with Crippen LogP contribution in [0.2, 0.25) is 5.15 Å². The molecule has 5 heteroatoms. The van der Waals surface area contributed by atoms with E-state index in [1.807, 2.05) is 43.3 Å². The summed E-state index contributed by atoms with van der Waals surface area (Å²) in [5, 5.41) is 4.84. The molecule has 3 aromatic rings. The molecule has 1 aromatic carbocycles. The Morgan fingerprint density at radius 3 is 2.79 bits per heavy atom. The van der Waals surface area contributed by atoms with Gasteiger partial charge in [-0.3, -0.25) is 0 Å². The van der Waals surface area contributed by atoms with Crippen molar-refractivity contribution in [2.75, 3.05) is 0 Å². The van der Waals surface area contributed by atoms with E-state index in [4.69, 9.17) is 16.3 Å². The molecule has 0 fully saturated rings. The number of fused-ring (bicyclic) bond motifs is 1. The summed E-state index contributed by atoms with van der Waals surface area (Å²) in [5.41, 5.74) is 1.81. The number of pyridine rings is 1. The van der Waals surface area contributed by atoms with Crippen molar-refractivity contribution in [1.82, 2.24) is 14.6 Å². The number of para-hydroxylation sites is 1. The first-order valence-corrected chi connectivity index (χ1v) is 6.30. The molecule has 19 heavy (non-hydrogen) atoms. The molecule has 0 unspecified atom stereocenters. The third-order valence-electron chi connectivity index (χ3n) is 2.81. The van der Waals surface area contributed by atoms with E-state index in [-0.39, 0.29) is 0 Å². The fourth-order valence-corrected chi connectivity index (χ4v) is 2.04. The zero-order chi connectivity index (χ0) is 13.2. The average molecular weight is 274 g/mol. The second-order valence-corrected chi connectivity index (χ2v) is 4.59. The lowest BCUT2D eigenvalue weighted by Crippen LogP contribution is -1.99. The third-order valence-corrected chi connectivity index (χ3v) is 3.09. The van der Waals surface area contributed by atoms with Gasteiger partial charge in [0.25, 0.3) is 0 Å².